The highest BCUT2D eigenvalue weighted by Crippen LogP contribution is 2.55. The van der Waals surface area contributed by atoms with Gasteiger partial charge in [0.2, 0.25) is 5.69 Å². The Labute approximate surface area is 433 Å². The Morgan fingerprint density at radius 2 is 0.784 bits per heavy atom. The molecule has 0 spiro atoms. The van der Waals surface area contributed by atoms with Crippen molar-refractivity contribution in [2.24, 2.45) is 0 Å². The Balaban J connectivity index is 1.21. The highest BCUT2D eigenvalue weighted by Gasteiger charge is 2.33. The zero-order valence-electron chi connectivity index (χ0n) is 39.5. The van der Waals surface area contributed by atoms with Crippen LogP contribution in [0.25, 0.3) is 145 Å². The lowest BCUT2D eigenvalue weighted by atomic mass is 9.88. The zero-order valence-corrected chi connectivity index (χ0v) is 41.2. The quantitative estimate of drug-likeness (QED) is 0.153. The predicted octanol–water partition coefficient (Wildman–Crippen LogP) is 19.7. The van der Waals surface area contributed by atoms with E-state index in [4.69, 9.17) is 0 Å². The largest absolute Gasteiger partial charge is 0.318 e. The number of rotatable bonds is 6. The number of nitrogens with zero attached hydrogens (tertiary/aromatic N) is 4. The van der Waals surface area contributed by atoms with Crippen LogP contribution in [0.15, 0.2) is 231 Å². The Morgan fingerprint density at radius 1 is 0.365 bits per heavy atom. The first-order valence-corrected chi connectivity index (χ1v) is 26.3. The van der Waals surface area contributed by atoms with E-state index in [0.717, 1.165) is 103 Å². The molecular formula is C68H38N4S2. The van der Waals surface area contributed by atoms with Crippen LogP contribution < -0.4 is 0 Å². The molecule has 0 unspecified atom stereocenters. The van der Waals surface area contributed by atoms with Crippen LogP contribution in [-0.4, -0.2) is 9.13 Å². The fraction of sp³-hybridized carbons (Fsp3) is 0. The van der Waals surface area contributed by atoms with Gasteiger partial charge in [0.25, 0.3) is 0 Å². The molecule has 0 saturated heterocycles. The van der Waals surface area contributed by atoms with Crippen LogP contribution in [-0.2, 0) is 0 Å². The second kappa shape index (κ2) is 16.5. The Morgan fingerprint density at radius 3 is 1.24 bits per heavy atom. The molecular weight excluding hydrogens is 937 g/mol. The van der Waals surface area contributed by atoms with Crippen molar-refractivity contribution in [1.82, 2.24) is 9.13 Å². The summed E-state index contributed by atoms with van der Waals surface area (Å²) in [4.78, 5) is 4.62. The number of nitriles is 1. The Kier molecular flexibility index (Phi) is 9.40. The molecule has 0 aliphatic carbocycles. The number of hydrogen-bond donors (Lipinski definition) is 0. The van der Waals surface area contributed by atoms with Crippen molar-refractivity contribution >= 4 is 112 Å². The molecule has 0 atom stereocenters. The van der Waals surface area contributed by atoms with Gasteiger partial charge in [0, 0.05) is 63.6 Å². The van der Waals surface area contributed by atoms with Crippen molar-refractivity contribution in [1.29, 1.82) is 5.26 Å². The molecule has 0 aliphatic heterocycles. The number of benzene rings is 11. The molecule has 4 heterocycles. The molecule has 0 radical (unpaired) electrons. The Bertz CT molecular complexity index is 4670. The SMILES string of the molecule is [C-]#[N+]c1c(-c2ccccc2)c(C#N)c(-n2c3c(ccc4c5ccccc5sc43)c3ccc4c5ccccc5sc4c32)c(-c2ccccc2)c1-n1c2ccc(-c3ccccc3)cc2c2cc(-c3ccccc3)ccc21. The van der Waals surface area contributed by atoms with Gasteiger partial charge in [-0.25, -0.2) is 4.85 Å². The number of thiophene rings is 2. The molecule has 74 heavy (non-hydrogen) atoms. The first kappa shape index (κ1) is 42.2. The number of aromatic nitrogens is 2. The first-order chi connectivity index (χ1) is 36.7. The van der Waals surface area contributed by atoms with Crippen molar-refractivity contribution < 1.29 is 0 Å². The van der Waals surface area contributed by atoms with E-state index in [2.05, 4.69) is 214 Å². The third-order valence-corrected chi connectivity index (χ3v) is 17.4. The van der Waals surface area contributed by atoms with Crippen LogP contribution in [0.4, 0.5) is 5.69 Å². The summed E-state index contributed by atoms with van der Waals surface area (Å²) in [6.07, 6.45) is 0. The minimum absolute atomic E-state index is 0.410. The van der Waals surface area contributed by atoms with Crippen LogP contribution in [0.3, 0.4) is 0 Å². The van der Waals surface area contributed by atoms with E-state index in [-0.39, 0.29) is 0 Å². The molecule has 0 N–H and O–H groups in total. The van der Waals surface area contributed by atoms with E-state index in [1.807, 2.05) is 36.4 Å². The average molecular weight is 975 g/mol. The maximum atomic E-state index is 12.2. The molecule has 0 saturated carbocycles. The summed E-state index contributed by atoms with van der Waals surface area (Å²) in [5.41, 5.74) is 13.9. The summed E-state index contributed by atoms with van der Waals surface area (Å²) in [7, 11) is 0. The van der Waals surface area contributed by atoms with Crippen molar-refractivity contribution in [2.45, 2.75) is 0 Å². The van der Waals surface area contributed by atoms with Gasteiger partial charge in [-0.15, -0.1) is 22.7 Å². The Hall–Kier alpha value is -9.56. The summed E-state index contributed by atoms with van der Waals surface area (Å²) in [5.74, 6) is 0. The fourth-order valence-corrected chi connectivity index (χ4v) is 14.3. The lowest BCUT2D eigenvalue weighted by molar-refractivity contribution is 1.14. The third-order valence-electron chi connectivity index (χ3n) is 15.0. The monoisotopic (exact) mass is 974 g/mol. The second-order valence-electron chi connectivity index (χ2n) is 18.9. The lowest BCUT2D eigenvalue weighted by Crippen LogP contribution is -2.09. The van der Waals surface area contributed by atoms with Crippen LogP contribution in [0.1, 0.15) is 5.56 Å². The van der Waals surface area contributed by atoms with Crippen LogP contribution in [0.5, 0.6) is 0 Å². The molecule has 342 valence electrons. The highest BCUT2D eigenvalue weighted by atomic mass is 32.1. The smallest absolute Gasteiger partial charge is 0.220 e. The van der Waals surface area contributed by atoms with Gasteiger partial charge < -0.3 is 9.13 Å². The van der Waals surface area contributed by atoms with Crippen LogP contribution in [0, 0.1) is 17.9 Å². The average Bonchev–Trinajstić information content (AvgIpc) is 4.24. The minimum atomic E-state index is 0.410. The molecule has 0 amide bonds. The maximum Gasteiger partial charge on any atom is 0.220 e. The summed E-state index contributed by atoms with van der Waals surface area (Å²) < 4.78 is 9.47. The molecule has 4 nitrogen and oxygen atoms in total. The van der Waals surface area contributed by atoms with Crippen molar-refractivity contribution in [3.63, 3.8) is 0 Å². The molecule has 6 heteroatoms. The summed E-state index contributed by atoms with van der Waals surface area (Å²) >= 11 is 3.60. The standard InChI is InChI=1S/C68H38N4S2/c1-70-62-60(43-22-10-4-11-23-43)55(40-69)63(72-64-49(32-34-51-47-26-14-16-28-58(47)73-67(51)64)50-33-35-52-48-27-15-17-29-59(48)74-68(52)65(50)72)61(44-24-12-5-13-25-44)66(62)71-56-36-30-45(41-18-6-2-7-19-41)38-53(56)54-39-46(31-37-57(54)71)42-20-8-3-9-21-42/h2-39H. The molecule has 15 aromatic rings. The van der Waals surface area contributed by atoms with E-state index in [1.165, 1.54) is 30.9 Å². The van der Waals surface area contributed by atoms with E-state index in [9.17, 15) is 11.8 Å². The summed E-state index contributed by atoms with van der Waals surface area (Å²) in [6.45, 7) is 9.46. The minimum Gasteiger partial charge on any atom is -0.318 e. The topological polar surface area (TPSA) is 38.0 Å². The van der Waals surface area contributed by atoms with Gasteiger partial charge in [0.15, 0.2) is 0 Å². The van der Waals surface area contributed by atoms with Crippen molar-refractivity contribution in [2.75, 3.05) is 0 Å². The molecule has 11 aromatic carbocycles. The third kappa shape index (κ3) is 6.11. The number of fused-ring (bicyclic) bond motifs is 14. The van der Waals surface area contributed by atoms with Gasteiger partial charge in [0.05, 0.1) is 55.0 Å². The van der Waals surface area contributed by atoms with E-state index >= 15 is 0 Å². The molecule has 15 rings (SSSR count). The van der Waals surface area contributed by atoms with Crippen LogP contribution >= 0.6 is 22.7 Å². The van der Waals surface area contributed by atoms with Gasteiger partial charge in [-0.1, -0.05) is 194 Å². The summed E-state index contributed by atoms with van der Waals surface area (Å²) in [5, 5.41) is 21.3. The van der Waals surface area contributed by atoms with E-state index in [0.29, 0.717) is 16.8 Å². The number of hydrogen-bond acceptors (Lipinski definition) is 3. The lowest BCUT2D eigenvalue weighted by Gasteiger charge is -2.26. The summed E-state index contributed by atoms with van der Waals surface area (Å²) in [6, 6.07) is 84.5. The van der Waals surface area contributed by atoms with E-state index < -0.39 is 0 Å². The van der Waals surface area contributed by atoms with Gasteiger partial charge in [-0.2, -0.15) is 5.26 Å². The second-order valence-corrected chi connectivity index (χ2v) is 21.0. The highest BCUT2D eigenvalue weighted by molar-refractivity contribution is 7.27. The maximum absolute atomic E-state index is 12.2. The van der Waals surface area contributed by atoms with Crippen molar-refractivity contribution in [3.8, 4) is 62.0 Å². The van der Waals surface area contributed by atoms with E-state index in [1.54, 1.807) is 22.7 Å². The van der Waals surface area contributed by atoms with Gasteiger partial charge in [0.1, 0.15) is 6.07 Å². The van der Waals surface area contributed by atoms with Crippen molar-refractivity contribution in [3.05, 3.63) is 248 Å². The predicted molar refractivity (Wildman–Crippen MR) is 314 cm³/mol. The first-order valence-electron chi connectivity index (χ1n) is 24.7. The molecule has 0 aliphatic rings. The van der Waals surface area contributed by atoms with Gasteiger partial charge in [-0.3, -0.25) is 0 Å². The molecule has 0 bridgehead atoms. The normalized spacial score (nSPS) is 11.8. The van der Waals surface area contributed by atoms with Gasteiger partial charge >= 0.3 is 0 Å². The fourth-order valence-electron chi connectivity index (χ4n) is 11.8. The zero-order chi connectivity index (χ0) is 49.0. The molecule has 4 aromatic heterocycles. The molecule has 0 fully saturated rings. The van der Waals surface area contributed by atoms with Crippen LogP contribution in [0.2, 0.25) is 0 Å². The van der Waals surface area contributed by atoms with Gasteiger partial charge in [-0.05, 0) is 69.8 Å².